The Morgan fingerprint density at radius 2 is 1.19 bits per heavy atom. The summed E-state index contributed by atoms with van der Waals surface area (Å²) in [5, 5.41) is 1.90. The molecule has 0 radical (unpaired) electrons. The standard InChI is InChI=1S/C60H38N4O2.Pt/c1-5-17-42(18-6-1)45-31-34-55-54(37-45)53-33-32-49(39-58(53)64(55)59-40-50(35-36-61-59)65-47-24-11-4-12-25-47)66-48-26-15-23-46(38-48)62-41-63(57-30-14-13-29-56(57)62)60-51(43-19-7-2-8-20-43)27-16-28-52(60)44-21-9-3-10-22-44;/h1-37,40H;/q-2;/i2D,3D,7D,8D,9D,10D,19D,20D,21D,22D;. The van der Waals surface area contributed by atoms with Crippen molar-refractivity contribution in [3.63, 3.8) is 0 Å². The van der Waals surface area contributed by atoms with Gasteiger partial charge < -0.3 is 18.6 Å². The summed E-state index contributed by atoms with van der Waals surface area (Å²) in [6.45, 7) is 0. The molecule has 0 unspecified atom stereocenters. The van der Waals surface area contributed by atoms with Crippen LogP contribution < -0.4 is 14.0 Å². The zero-order valence-corrected chi connectivity index (χ0v) is 37.4. The third-order valence-electron chi connectivity index (χ3n) is 11.3. The van der Waals surface area contributed by atoms with Crippen LogP contribution in [0.4, 0.5) is 0 Å². The molecule has 67 heavy (non-hydrogen) atoms. The van der Waals surface area contributed by atoms with Crippen LogP contribution >= 0.6 is 0 Å². The van der Waals surface area contributed by atoms with Crippen molar-refractivity contribution in [2.75, 3.05) is 0 Å². The SMILES string of the molecule is [2H]c1c([2H])c([2H])c(-c2cccc(-c3c([2H])c([2H])c([2H])c([2H])c3[2H])c2-[n+]2[c-]n(-c3[c-]c(Oc4[c-]c5c(cc4)c4cc(-c6ccccc6)ccc4n5-c4cc(Oc5ccccc5)ccn4)ccc3)c3ccccc32)c([2H])c1[2H].[Pt]. The molecule has 12 rings (SSSR count). The summed E-state index contributed by atoms with van der Waals surface area (Å²) in [6, 6.07) is 52.6. The van der Waals surface area contributed by atoms with Gasteiger partial charge in [-0.25, -0.2) is 4.98 Å². The molecule has 0 amide bonds. The number of aromatic nitrogens is 4. The summed E-state index contributed by atoms with van der Waals surface area (Å²) in [7, 11) is 0. The first-order valence-corrected chi connectivity index (χ1v) is 21.0. The topological polar surface area (TPSA) is 45.1 Å². The van der Waals surface area contributed by atoms with Gasteiger partial charge in [-0.15, -0.1) is 29.7 Å². The molecule has 0 aliphatic rings. The molecule has 0 aliphatic heterocycles. The minimum atomic E-state index is -0.579. The van der Waals surface area contributed by atoms with E-state index in [9.17, 15) is 0 Å². The average molecular weight is 1050 g/mol. The summed E-state index contributed by atoms with van der Waals surface area (Å²) in [5.41, 5.74) is 5.44. The van der Waals surface area contributed by atoms with E-state index in [1.54, 1.807) is 57.8 Å². The van der Waals surface area contributed by atoms with Gasteiger partial charge in [0.15, 0.2) is 0 Å². The monoisotopic (exact) mass is 1050 g/mol. The Kier molecular flexibility index (Phi) is 8.44. The van der Waals surface area contributed by atoms with Gasteiger partial charge in [0.25, 0.3) is 6.33 Å². The van der Waals surface area contributed by atoms with Gasteiger partial charge in [-0.1, -0.05) is 169 Å². The zero-order chi connectivity index (χ0) is 52.5. The maximum Gasteiger partial charge on any atom is 0.268 e. The minimum absolute atomic E-state index is 0. The second-order valence-corrected chi connectivity index (χ2v) is 15.2. The molecule has 7 heteroatoms. The summed E-state index contributed by atoms with van der Waals surface area (Å²) in [5.74, 6) is 2.61. The maximum atomic E-state index is 9.03. The van der Waals surface area contributed by atoms with E-state index in [-0.39, 0.29) is 49.0 Å². The summed E-state index contributed by atoms with van der Waals surface area (Å²) in [6.07, 6.45) is 5.11. The van der Waals surface area contributed by atoms with Crippen molar-refractivity contribution < 1.29 is 48.8 Å². The maximum absolute atomic E-state index is 9.03. The number of para-hydroxylation sites is 4. The Morgan fingerprint density at radius 3 is 1.96 bits per heavy atom. The second-order valence-electron chi connectivity index (χ2n) is 15.2. The quantitative estimate of drug-likeness (QED) is 0.101. The van der Waals surface area contributed by atoms with E-state index in [0.717, 1.165) is 27.4 Å². The van der Waals surface area contributed by atoms with Crippen LogP contribution in [-0.4, -0.2) is 14.1 Å². The molecule has 12 aromatic rings. The summed E-state index contributed by atoms with van der Waals surface area (Å²) < 4.78 is 105. The van der Waals surface area contributed by atoms with Crippen molar-refractivity contribution in [2.24, 2.45) is 0 Å². The number of ether oxygens (including phenoxy) is 2. The molecule has 3 heterocycles. The van der Waals surface area contributed by atoms with Crippen LogP contribution in [0.25, 0.3) is 83.4 Å². The fraction of sp³-hybridized carbons (Fsp3) is 0. The van der Waals surface area contributed by atoms with Crippen molar-refractivity contribution in [3.05, 3.63) is 249 Å². The molecule has 0 spiro atoms. The van der Waals surface area contributed by atoms with Crippen LogP contribution in [0.2, 0.25) is 0 Å². The van der Waals surface area contributed by atoms with Gasteiger partial charge in [0, 0.05) is 50.3 Å². The fourth-order valence-corrected chi connectivity index (χ4v) is 8.35. The van der Waals surface area contributed by atoms with Crippen LogP contribution in [0.3, 0.4) is 0 Å². The number of fused-ring (bicyclic) bond motifs is 4. The first-order valence-electron chi connectivity index (χ1n) is 26.0. The number of hydrogen-bond acceptors (Lipinski definition) is 3. The second kappa shape index (κ2) is 17.9. The fourth-order valence-electron chi connectivity index (χ4n) is 8.35. The van der Waals surface area contributed by atoms with E-state index in [1.165, 1.54) is 0 Å². The van der Waals surface area contributed by atoms with Crippen LogP contribution in [-0.2, 0) is 21.1 Å². The molecule has 0 atom stereocenters. The van der Waals surface area contributed by atoms with Crippen molar-refractivity contribution in [3.8, 4) is 73.6 Å². The van der Waals surface area contributed by atoms with Crippen molar-refractivity contribution >= 4 is 32.8 Å². The van der Waals surface area contributed by atoms with Gasteiger partial charge in [0.1, 0.15) is 17.3 Å². The molecule has 9 aromatic carbocycles. The van der Waals surface area contributed by atoms with Crippen molar-refractivity contribution in [1.82, 2.24) is 14.1 Å². The Labute approximate surface area is 416 Å². The first-order chi connectivity index (χ1) is 36.9. The molecule has 0 aliphatic carbocycles. The predicted octanol–water partition coefficient (Wildman–Crippen LogP) is 14.4. The van der Waals surface area contributed by atoms with Gasteiger partial charge in [-0.3, -0.25) is 4.57 Å². The molecular weight excluding hydrogens is 1000 g/mol. The smallest absolute Gasteiger partial charge is 0.268 e. The van der Waals surface area contributed by atoms with E-state index in [2.05, 4.69) is 48.8 Å². The number of benzene rings is 9. The summed E-state index contributed by atoms with van der Waals surface area (Å²) in [4.78, 5) is 4.82. The number of hydrogen-bond donors (Lipinski definition) is 0. The predicted molar refractivity (Wildman–Crippen MR) is 263 cm³/mol. The normalized spacial score (nSPS) is 13.3. The molecule has 6 nitrogen and oxygen atoms in total. The number of rotatable bonds is 10. The van der Waals surface area contributed by atoms with Crippen LogP contribution in [0.15, 0.2) is 230 Å². The number of pyridine rings is 1. The number of nitrogens with zero attached hydrogens (tertiary/aromatic N) is 4. The molecule has 0 saturated carbocycles. The molecule has 322 valence electrons. The van der Waals surface area contributed by atoms with E-state index in [1.807, 2.05) is 95.6 Å². The Morgan fingerprint density at radius 1 is 0.507 bits per heavy atom. The minimum Gasteiger partial charge on any atom is -0.510 e. The van der Waals surface area contributed by atoms with Crippen LogP contribution in [0.1, 0.15) is 13.7 Å². The van der Waals surface area contributed by atoms with Gasteiger partial charge in [0.05, 0.1) is 30.4 Å². The van der Waals surface area contributed by atoms with Crippen LogP contribution in [0, 0.1) is 18.5 Å². The Hall–Kier alpha value is -8.31. The van der Waals surface area contributed by atoms with Gasteiger partial charge in [0.2, 0.25) is 0 Å². The Bertz CT molecular complexity index is 4180. The van der Waals surface area contributed by atoms with E-state index in [4.69, 9.17) is 28.2 Å². The largest absolute Gasteiger partial charge is 0.510 e. The molecule has 0 bridgehead atoms. The third kappa shape index (κ3) is 7.88. The van der Waals surface area contributed by atoms with Gasteiger partial charge in [-0.2, -0.15) is 18.2 Å². The van der Waals surface area contributed by atoms with E-state index < -0.39 is 60.4 Å². The molecule has 0 saturated heterocycles. The van der Waals surface area contributed by atoms with Crippen LogP contribution in [0.5, 0.6) is 23.0 Å². The van der Waals surface area contributed by atoms with Gasteiger partial charge >= 0.3 is 0 Å². The third-order valence-corrected chi connectivity index (χ3v) is 11.3. The molecular formula is C60H38N4O2Pt-2. The average Bonchev–Trinajstić information content (AvgIpc) is 4.15. The number of imidazole rings is 1. The van der Waals surface area contributed by atoms with Gasteiger partial charge in [-0.05, 0) is 68.7 Å². The van der Waals surface area contributed by atoms with Crippen molar-refractivity contribution in [1.29, 1.82) is 0 Å². The van der Waals surface area contributed by atoms with Crippen molar-refractivity contribution in [2.45, 2.75) is 0 Å². The van der Waals surface area contributed by atoms with E-state index >= 15 is 0 Å². The first kappa shape index (κ1) is 31.5. The Balaban J connectivity index is 0.00000631. The van der Waals surface area contributed by atoms with E-state index in [0.29, 0.717) is 51.1 Å². The molecule has 3 aromatic heterocycles. The molecule has 0 N–H and O–H groups in total. The zero-order valence-electron chi connectivity index (χ0n) is 45.1. The summed E-state index contributed by atoms with van der Waals surface area (Å²) >= 11 is 0. The molecule has 0 fully saturated rings.